The van der Waals surface area contributed by atoms with Crippen molar-refractivity contribution in [2.45, 2.75) is 16.7 Å². The van der Waals surface area contributed by atoms with Gasteiger partial charge in [0.25, 0.3) is 10.0 Å². The average Bonchev–Trinajstić information content (AvgIpc) is 3.12. The lowest BCUT2D eigenvalue weighted by molar-refractivity contribution is -0.118. The van der Waals surface area contributed by atoms with Crippen molar-refractivity contribution < 1.29 is 17.6 Å². The maximum atomic E-state index is 13.8. The van der Waals surface area contributed by atoms with Crippen LogP contribution in [0.15, 0.2) is 46.0 Å². The van der Waals surface area contributed by atoms with E-state index < -0.39 is 27.8 Å². The van der Waals surface area contributed by atoms with Gasteiger partial charge in [0.1, 0.15) is 16.1 Å². The topological polar surface area (TPSA) is 66.5 Å². The van der Waals surface area contributed by atoms with Crippen LogP contribution in [0.4, 0.5) is 10.1 Å². The highest BCUT2D eigenvalue weighted by molar-refractivity contribution is 7.91. The van der Waals surface area contributed by atoms with Crippen molar-refractivity contribution in [2.75, 3.05) is 11.4 Å². The van der Waals surface area contributed by atoms with Gasteiger partial charge in [-0.3, -0.25) is 4.79 Å². The second-order valence-corrected chi connectivity index (χ2v) is 7.72. The van der Waals surface area contributed by atoms with Crippen LogP contribution >= 0.6 is 11.3 Å². The molecule has 5 nitrogen and oxygen atoms in total. The Kier molecular flexibility index (Phi) is 3.98. The van der Waals surface area contributed by atoms with Crippen molar-refractivity contribution in [3.8, 4) is 0 Å². The number of benzene rings is 1. The van der Waals surface area contributed by atoms with E-state index in [1.165, 1.54) is 29.2 Å². The number of rotatable bonds is 4. The van der Waals surface area contributed by atoms with Crippen LogP contribution in [0.25, 0.3) is 0 Å². The first-order valence-electron chi connectivity index (χ1n) is 6.61. The summed E-state index contributed by atoms with van der Waals surface area (Å²) >= 11 is 1.08. The lowest BCUT2D eigenvalue weighted by Gasteiger charge is -2.17. The molecule has 3 rings (SSSR count). The Morgan fingerprint density at radius 2 is 2.00 bits per heavy atom. The Hall–Kier alpha value is -1.77. The summed E-state index contributed by atoms with van der Waals surface area (Å²) in [6.07, 6.45) is 0.303. The number of hydrogen-bond acceptors (Lipinski definition) is 4. The third-order valence-electron chi connectivity index (χ3n) is 3.41. The number of thiophene rings is 1. The molecular formula is C14H13FN2O3S2. The zero-order valence-electron chi connectivity index (χ0n) is 11.4. The molecule has 1 aliphatic heterocycles. The van der Waals surface area contributed by atoms with Crippen LogP contribution in [-0.2, 0) is 14.8 Å². The van der Waals surface area contributed by atoms with Gasteiger partial charge < -0.3 is 4.90 Å². The van der Waals surface area contributed by atoms with Gasteiger partial charge in [-0.25, -0.2) is 12.8 Å². The Morgan fingerprint density at radius 3 is 2.68 bits per heavy atom. The second-order valence-electron chi connectivity index (χ2n) is 4.84. The third kappa shape index (κ3) is 2.77. The standard InChI is InChI=1S/C14H13FN2O3S2/c15-10-4-1-2-5-12(10)17-8-7-11(14(17)18)16-22(19,20)13-6-3-9-21-13/h1-6,9,11,16H,7-8H2/t11-/m1/s1. The van der Waals surface area contributed by atoms with E-state index in [1.807, 2.05) is 0 Å². The molecule has 2 heterocycles. The summed E-state index contributed by atoms with van der Waals surface area (Å²) in [6.45, 7) is 0.275. The van der Waals surface area contributed by atoms with Crippen LogP contribution < -0.4 is 9.62 Å². The number of nitrogens with one attached hydrogen (secondary N) is 1. The Morgan fingerprint density at radius 1 is 1.23 bits per heavy atom. The van der Waals surface area contributed by atoms with Crippen LogP contribution in [0.2, 0.25) is 0 Å². The predicted octanol–water partition coefficient (Wildman–Crippen LogP) is 1.97. The molecule has 1 N–H and O–H groups in total. The first-order chi connectivity index (χ1) is 10.5. The average molecular weight is 340 g/mol. The number of sulfonamides is 1. The van der Waals surface area contributed by atoms with E-state index >= 15 is 0 Å². The fourth-order valence-electron chi connectivity index (χ4n) is 2.36. The number of para-hydroxylation sites is 1. The highest BCUT2D eigenvalue weighted by atomic mass is 32.2. The van der Waals surface area contributed by atoms with E-state index in [-0.39, 0.29) is 16.4 Å². The van der Waals surface area contributed by atoms with E-state index in [0.29, 0.717) is 6.42 Å². The minimum atomic E-state index is -3.72. The maximum Gasteiger partial charge on any atom is 0.250 e. The lowest BCUT2D eigenvalue weighted by Crippen LogP contribution is -2.41. The molecule has 0 spiro atoms. The molecular weight excluding hydrogens is 327 g/mol. The van der Waals surface area contributed by atoms with Crippen molar-refractivity contribution in [3.63, 3.8) is 0 Å². The summed E-state index contributed by atoms with van der Waals surface area (Å²) in [6, 6.07) is 8.18. The summed E-state index contributed by atoms with van der Waals surface area (Å²) < 4.78 is 40.6. The summed E-state index contributed by atoms with van der Waals surface area (Å²) in [5.41, 5.74) is 0.172. The molecule has 0 saturated carbocycles. The number of nitrogens with zero attached hydrogens (tertiary/aromatic N) is 1. The molecule has 1 saturated heterocycles. The van der Waals surface area contributed by atoms with Gasteiger partial charge in [-0.15, -0.1) is 11.3 Å². The van der Waals surface area contributed by atoms with Gasteiger partial charge in [-0.2, -0.15) is 4.72 Å². The van der Waals surface area contributed by atoms with E-state index in [1.54, 1.807) is 17.5 Å². The Labute approximate surface area is 131 Å². The SMILES string of the molecule is O=C1[C@H](NS(=O)(=O)c2cccs2)CCN1c1ccccc1F. The maximum absolute atomic E-state index is 13.8. The molecule has 1 aliphatic rings. The second kappa shape index (κ2) is 5.79. The van der Waals surface area contributed by atoms with Crippen LogP contribution in [0.5, 0.6) is 0 Å². The van der Waals surface area contributed by atoms with Gasteiger partial charge in [0.05, 0.1) is 5.69 Å². The lowest BCUT2D eigenvalue weighted by atomic mass is 10.2. The molecule has 1 fully saturated rings. The molecule has 1 aromatic heterocycles. The molecule has 2 aromatic rings. The van der Waals surface area contributed by atoms with Crippen molar-refractivity contribution in [2.24, 2.45) is 0 Å². The van der Waals surface area contributed by atoms with Crippen LogP contribution in [0.3, 0.4) is 0 Å². The van der Waals surface area contributed by atoms with Crippen molar-refractivity contribution in [3.05, 3.63) is 47.6 Å². The van der Waals surface area contributed by atoms with Gasteiger partial charge in [0, 0.05) is 6.54 Å². The highest BCUT2D eigenvalue weighted by Crippen LogP contribution is 2.25. The minimum absolute atomic E-state index is 0.157. The molecule has 22 heavy (non-hydrogen) atoms. The van der Waals surface area contributed by atoms with E-state index in [9.17, 15) is 17.6 Å². The van der Waals surface area contributed by atoms with Crippen molar-refractivity contribution >= 4 is 33.0 Å². The number of carbonyl (C=O) groups excluding carboxylic acids is 1. The van der Waals surface area contributed by atoms with Crippen LogP contribution in [0.1, 0.15) is 6.42 Å². The molecule has 1 amide bonds. The Bertz CT molecular complexity index is 790. The number of hydrogen-bond donors (Lipinski definition) is 1. The first kappa shape index (κ1) is 15.1. The zero-order chi connectivity index (χ0) is 15.7. The molecule has 8 heteroatoms. The third-order valence-corrected chi connectivity index (χ3v) is 6.28. The molecule has 0 bridgehead atoms. The summed E-state index contributed by atoms with van der Waals surface area (Å²) in [5, 5.41) is 1.65. The van der Waals surface area contributed by atoms with Crippen molar-refractivity contribution in [1.29, 1.82) is 0 Å². The first-order valence-corrected chi connectivity index (χ1v) is 8.97. The van der Waals surface area contributed by atoms with Crippen LogP contribution in [-0.4, -0.2) is 26.9 Å². The zero-order valence-corrected chi connectivity index (χ0v) is 13.0. The van der Waals surface area contributed by atoms with Gasteiger partial charge in [0.15, 0.2) is 0 Å². The number of carbonyl (C=O) groups is 1. The number of halogens is 1. The summed E-state index contributed by atoms with van der Waals surface area (Å²) in [7, 11) is -3.72. The fraction of sp³-hybridized carbons (Fsp3) is 0.214. The monoisotopic (exact) mass is 340 g/mol. The van der Waals surface area contributed by atoms with E-state index in [4.69, 9.17) is 0 Å². The van der Waals surface area contributed by atoms with E-state index in [0.717, 1.165) is 11.3 Å². The molecule has 0 radical (unpaired) electrons. The summed E-state index contributed by atoms with van der Waals surface area (Å²) in [5.74, 6) is -0.942. The van der Waals surface area contributed by atoms with Crippen LogP contribution in [0, 0.1) is 5.82 Å². The van der Waals surface area contributed by atoms with Gasteiger partial charge in [-0.1, -0.05) is 18.2 Å². The predicted molar refractivity (Wildman–Crippen MR) is 81.8 cm³/mol. The van der Waals surface area contributed by atoms with Gasteiger partial charge >= 0.3 is 0 Å². The van der Waals surface area contributed by atoms with Gasteiger partial charge in [-0.05, 0) is 30.0 Å². The molecule has 0 unspecified atom stereocenters. The number of anilines is 1. The smallest absolute Gasteiger partial charge is 0.250 e. The molecule has 0 aliphatic carbocycles. The normalized spacial score (nSPS) is 18.9. The quantitative estimate of drug-likeness (QED) is 0.925. The van der Waals surface area contributed by atoms with Crippen molar-refractivity contribution in [1.82, 2.24) is 4.72 Å². The molecule has 1 atom stereocenters. The highest BCUT2D eigenvalue weighted by Gasteiger charge is 2.36. The molecule has 116 valence electrons. The Balaban J connectivity index is 1.79. The van der Waals surface area contributed by atoms with E-state index in [2.05, 4.69) is 4.72 Å². The fourth-order valence-corrected chi connectivity index (χ4v) is 4.59. The summed E-state index contributed by atoms with van der Waals surface area (Å²) in [4.78, 5) is 13.6. The largest absolute Gasteiger partial charge is 0.308 e. The number of amides is 1. The van der Waals surface area contributed by atoms with Gasteiger partial charge in [0.2, 0.25) is 5.91 Å². The molecule has 1 aromatic carbocycles. The minimum Gasteiger partial charge on any atom is -0.308 e.